The molecule has 0 spiro atoms. The Morgan fingerprint density at radius 2 is 1.71 bits per heavy atom. The third kappa shape index (κ3) is 4.33. The van der Waals surface area contributed by atoms with Crippen molar-refractivity contribution in [2.45, 2.75) is 26.9 Å². The highest BCUT2D eigenvalue weighted by Gasteiger charge is 2.05. The fourth-order valence-corrected chi connectivity index (χ4v) is 2.46. The van der Waals surface area contributed by atoms with E-state index >= 15 is 0 Å². The molecule has 0 bridgehead atoms. The first-order valence-electron chi connectivity index (χ1n) is 6.65. The van der Waals surface area contributed by atoms with Gasteiger partial charge in [-0.15, -0.1) is 0 Å². The topological polar surface area (TPSA) is 46.5 Å². The standard InChI is InChI=1S/C17H17BrO3/c1-11-8-16(12(2)7-15(11)18)21-10-14-5-3-13(4-6-14)9-17(19)20/h3-8H,9-10H2,1-2H3,(H,19,20). The minimum absolute atomic E-state index is 0.0478. The van der Waals surface area contributed by atoms with E-state index in [1.807, 2.05) is 50.2 Å². The number of aryl methyl sites for hydroxylation is 2. The quantitative estimate of drug-likeness (QED) is 0.877. The van der Waals surface area contributed by atoms with Gasteiger partial charge in [-0.2, -0.15) is 0 Å². The second kappa shape index (κ2) is 6.76. The van der Waals surface area contributed by atoms with Crippen molar-refractivity contribution < 1.29 is 14.6 Å². The maximum atomic E-state index is 10.6. The molecule has 0 amide bonds. The van der Waals surface area contributed by atoms with Crippen LogP contribution in [0.5, 0.6) is 5.75 Å². The van der Waals surface area contributed by atoms with Gasteiger partial charge in [0, 0.05) is 4.47 Å². The minimum atomic E-state index is -0.819. The van der Waals surface area contributed by atoms with E-state index in [9.17, 15) is 4.79 Å². The summed E-state index contributed by atoms with van der Waals surface area (Å²) in [4.78, 5) is 10.6. The second-order valence-corrected chi connectivity index (χ2v) is 5.90. The molecule has 0 saturated carbocycles. The van der Waals surface area contributed by atoms with Crippen LogP contribution in [0.15, 0.2) is 40.9 Å². The monoisotopic (exact) mass is 348 g/mol. The zero-order valence-electron chi connectivity index (χ0n) is 12.0. The zero-order chi connectivity index (χ0) is 15.4. The SMILES string of the molecule is Cc1cc(OCc2ccc(CC(=O)O)cc2)c(C)cc1Br. The molecule has 110 valence electrons. The van der Waals surface area contributed by atoms with Crippen LogP contribution in [-0.2, 0) is 17.8 Å². The summed E-state index contributed by atoms with van der Waals surface area (Å²) in [5, 5.41) is 8.74. The van der Waals surface area contributed by atoms with Gasteiger partial charge in [-0.05, 0) is 48.2 Å². The van der Waals surface area contributed by atoms with Crippen molar-refractivity contribution in [3.8, 4) is 5.75 Å². The Labute approximate surface area is 132 Å². The Morgan fingerprint density at radius 1 is 1.10 bits per heavy atom. The van der Waals surface area contributed by atoms with Gasteiger partial charge in [-0.3, -0.25) is 4.79 Å². The molecule has 0 heterocycles. The Morgan fingerprint density at radius 3 is 2.33 bits per heavy atom. The van der Waals surface area contributed by atoms with E-state index in [2.05, 4.69) is 15.9 Å². The number of carboxylic acid groups (broad SMARTS) is 1. The van der Waals surface area contributed by atoms with E-state index in [1.165, 1.54) is 0 Å². The second-order valence-electron chi connectivity index (χ2n) is 5.04. The van der Waals surface area contributed by atoms with Crippen LogP contribution < -0.4 is 4.74 Å². The van der Waals surface area contributed by atoms with Crippen molar-refractivity contribution in [1.82, 2.24) is 0 Å². The number of halogens is 1. The first-order chi connectivity index (χ1) is 9.95. The molecule has 21 heavy (non-hydrogen) atoms. The summed E-state index contributed by atoms with van der Waals surface area (Å²) in [7, 11) is 0. The van der Waals surface area contributed by atoms with Crippen molar-refractivity contribution in [1.29, 1.82) is 0 Å². The summed E-state index contributed by atoms with van der Waals surface area (Å²) < 4.78 is 6.92. The lowest BCUT2D eigenvalue weighted by atomic mass is 10.1. The fraction of sp³-hybridized carbons (Fsp3) is 0.235. The van der Waals surface area contributed by atoms with Crippen LogP contribution in [0, 0.1) is 13.8 Å². The van der Waals surface area contributed by atoms with E-state index in [0.717, 1.165) is 32.5 Å². The summed E-state index contributed by atoms with van der Waals surface area (Å²) >= 11 is 3.50. The van der Waals surface area contributed by atoms with Gasteiger partial charge in [0.25, 0.3) is 0 Å². The normalized spacial score (nSPS) is 10.4. The first-order valence-corrected chi connectivity index (χ1v) is 7.44. The highest BCUT2D eigenvalue weighted by molar-refractivity contribution is 9.10. The average Bonchev–Trinajstić information content (AvgIpc) is 2.42. The molecule has 0 aromatic heterocycles. The molecule has 2 rings (SSSR count). The lowest BCUT2D eigenvalue weighted by Gasteiger charge is -2.11. The van der Waals surface area contributed by atoms with Gasteiger partial charge in [-0.25, -0.2) is 0 Å². The molecule has 0 aliphatic heterocycles. The third-order valence-corrected chi connectivity index (χ3v) is 4.08. The smallest absolute Gasteiger partial charge is 0.307 e. The van der Waals surface area contributed by atoms with Crippen molar-refractivity contribution in [3.63, 3.8) is 0 Å². The number of aliphatic carboxylic acids is 1. The molecule has 0 aliphatic rings. The predicted octanol–water partition coefficient (Wildman–Crippen LogP) is 4.27. The van der Waals surface area contributed by atoms with Gasteiger partial charge >= 0.3 is 5.97 Å². The maximum Gasteiger partial charge on any atom is 0.307 e. The molecule has 0 unspecified atom stereocenters. The van der Waals surface area contributed by atoms with Gasteiger partial charge in [0.15, 0.2) is 0 Å². The summed E-state index contributed by atoms with van der Waals surface area (Å²) in [6.45, 7) is 4.50. The summed E-state index contributed by atoms with van der Waals surface area (Å²) in [5.74, 6) is 0.0466. The maximum absolute atomic E-state index is 10.6. The number of benzene rings is 2. The number of rotatable bonds is 5. The fourth-order valence-electron chi connectivity index (χ4n) is 2.00. The average molecular weight is 349 g/mol. The molecule has 3 nitrogen and oxygen atoms in total. The molecule has 2 aromatic carbocycles. The summed E-state index contributed by atoms with van der Waals surface area (Å²) in [5.41, 5.74) is 4.02. The molecule has 0 radical (unpaired) electrons. The van der Waals surface area contributed by atoms with Gasteiger partial charge in [0.1, 0.15) is 12.4 Å². The van der Waals surface area contributed by atoms with Gasteiger partial charge in [0.05, 0.1) is 6.42 Å². The van der Waals surface area contributed by atoms with Gasteiger partial charge < -0.3 is 9.84 Å². The Kier molecular flexibility index (Phi) is 5.02. The Balaban J connectivity index is 2.03. The number of carbonyl (C=O) groups is 1. The number of hydrogen-bond donors (Lipinski definition) is 1. The molecule has 2 aromatic rings. The van der Waals surface area contributed by atoms with Crippen LogP contribution >= 0.6 is 15.9 Å². The largest absolute Gasteiger partial charge is 0.489 e. The molecule has 0 atom stereocenters. The number of ether oxygens (including phenoxy) is 1. The van der Waals surface area contributed by atoms with Gasteiger partial charge in [-0.1, -0.05) is 40.2 Å². The highest BCUT2D eigenvalue weighted by atomic mass is 79.9. The van der Waals surface area contributed by atoms with Crippen LogP contribution in [0.1, 0.15) is 22.3 Å². The predicted molar refractivity (Wildman–Crippen MR) is 85.7 cm³/mol. The lowest BCUT2D eigenvalue weighted by Crippen LogP contribution is -2.01. The van der Waals surface area contributed by atoms with Gasteiger partial charge in [0.2, 0.25) is 0 Å². The number of carboxylic acids is 1. The van der Waals surface area contributed by atoms with E-state index in [-0.39, 0.29) is 6.42 Å². The minimum Gasteiger partial charge on any atom is -0.489 e. The third-order valence-electron chi connectivity index (χ3n) is 3.23. The van der Waals surface area contributed by atoms with Crippen LogP contribution in [-0.4, -0.2) is 11.1 Å². The summed E-state index contributed by atoms with van der Waals surface area (Å²) in [6.07, 6.45) is 0.0478. The number of hydrogen-bond acceptors (Lipinski definition) is 2. The zero-order valence-corrected chi connectivity index (χ0v) is 13.6. The Bertz CT molecular complexity index is 648. The highest BCUT2D eigenvalue weighted by Crippen LogP contribution is 2.27. The molecule has 4 heteroatoms. The molecule has 0 aliphatic carbocycles. The van der Waals surface area contributed by atoms with E-state index in [4.69, 9.17) is 9.84 Å². The van der Waals surface area contributed by atoms with E-state index in [1.54, 1.807) is 0 Å². The Hall–Kier alpha value is -1.81. The van der Waals surface area contributed by atoms with Crippen LogP contribution in [0.3, 0.4) is 0 Å². The van der Waals surface area contributed by atoms with Crippen molar-refractivity contribution >= 4 is 21.9 Å². The lowest BCUT2D eigenvalue weighted by molar-refractivity contribution is -0.136. The molecule has 0 fully saturated rings. The molecular formula is C17H17BrO3. The molecule has 1 N–H and O–H groups in total. The van der Waals surface area contributed by atoms with Crippen molar-refractivity contribution in [2.24, 2.45) is 0 Å². The van der Waals surface area contributed by atoms with E-state index < -0.39 is 5.97 Å². The summed E-state index contributed by atoms with van der Waals surface area (Å²) in [6, 6.07) is 11.5. The first kappa shape index (κ1) is 15.6. The van der Waals surface area contributed by atoms with Crippen molar-refractivity contribution in [2.75, 3.05) is 0 Å². The van der Waals surface area contributed by atoms with Crippen molar-refractivity contribution in [3.05, 3.63) is 63.1 Å². The molecule has 0 saturated heterocycles. The van der Waals surface area contributed by atoms with Crippen LogP contribution in [0.4, 0.5) is 0 Å². The van der Waals surface area contributed by atoms with E-state index in [0.29, 0.717) is 6.61 Å². The molecular weight excluding hydrogens is 332 g/mol. The van der Waals surface area contributed by atoms with Crippen LogP contribution in [0.2, 0.25) is 0 Å². The van der Waals surface area contributed by atoms with Crippen LogP contribution in [0.25, 0.3) is 0 Å².